The molecular formula is C21H22N4O3S. The Morgan fingerprint density at radius 2 is 1.76 bits per heavy atom. The first-order valence-electron chi connectivity index (χ1n) is 9.16. The molecule has 2 amide bonds. The molecule has 2 N–H and O–H groups in total. The average molecular weight is 410 g/mol. The number of benzene rings is 2. The molecule has 2 aromatic carbocycles. The molecule has 0 atom stereocenters. The number of nitrogens with one attached hydrogen (secondary N) is 2. The molecular weight excluding hydrogens is 388 g/mol. The Labute approximate surface area is 172 Å². The zero-order valence-corrected chi connectivity index (χ0v) is 17.1. The molecule has 0 saturated heterocycles. The minimum atomic E-state index is -0.380. The van der Waals surface area contributed by atoms with Gasteiger partial charge in [-0.15, -0.1) is 11.8 Å². The molecule has 1 aromatic heterocycles. The summed E-state index contributed by atoms with van der Waals surface area (Å²) in [5.41, 5.74) is 7.32. The molecule has 3 rings (SSSR count). The molecule has 0 aliphatic rings. The van der Waals surface area contributed by atoms with Crippen LogP contribution in [0.3, 0.4) is 0 Å². The third kappa shape index (κ3) is 5.45. The fourth-order valence-electron chi connectivity index (χ4n) is 2.74. The minimum Gasteiger partial charge on any atom is -0.298 e. The van der Waals surface area contributed by atoms with E-state index in [1.165, 1.54) is 22.7 Å². The van der Waals surface area contributed by atoms with Crippen molar-refractivity contribution in [1.29, 1.82) is 0 Å². The van der Waals surface area contributed by atoms with Crippen LogP contribution >= 0.6 is 11.8 Å². The monoisotopic (exact) mass is 410 g/mol. The van der Waals surface area contributed by atoms with Crippen LogP contribution in [0.5, 0.6) is 0 Å². The number of para-hydroxylation sites is 1. The van der Waals surface area contributed by atoms with Crippen LogP contribution in [-0.2, 0) is 16.1 Å². The lowest BCUT2D eigenvalue weighted by molar-refractivity contribution is -0.127. The molecule has 8 heteroatoms. The molecule has 150 valence electrons. The van der Waals surface area contributed by atoms with Crippen molar-refractivity contribution in [3.8, 4) is 0 Å². The molecule has 0 spiro atoms. The van der Waals surface area contributed by atoms with Gasteiger partial charge in [0.05, 0.1) is 23.0 Å². The standard InChI is InChI=1S/C21H22N4O3S/c1-14-6-8-16(9-7-14)29-12-19(27)24-23-18(26)10-11-25-13-22-20-15(2)4-3-5-17(20)21(25)28/h3-9,13H,10-12H2,1-2H3,(H,23,26)(H,24,27). The highest BCUT2D eigenvalue weighted by Gasteiger charge is 2.09. The minimum absolute atomic E-state index is 0.0459. The number of rotatable bonds is 6. The highest BCUT2D eigenvalue weighted by molar-refractivity contribution is 8.00. The van der Waals surface area contributed by atoms with Gasteiger partial charge >= 0.3 is 0 Å². The lowest BCUT2D eigenvalue weighted by Crippen LogP contribution is -2.43. The summed E-state index contributed by atoms with van der Waals surface area (Å²) in [6.45, 7) is 4.07. The Hall–Kier alpha value is -3.13. The van der Waals surface area contributed by atoms with Gasteiger partial charge in [0.2, 0.25) is 11.8 Å². The predicted molar refractivity (Wildman–Crippen MR) is 114 cm³/mol. The summed E-state index contributed by atoms with van der Waals surface area (Å²) in [7, 11) is 0. The number of hydrazine groups is 1. The molecule has 0 bridgehead atoms. The van der Waals surface area contributed by atoms with E-state index < -0.39 is 0 Å². The Kier molecular flexibility index (Phi) is 6.66. The second-order valence-corrected chi connectivity index (χ2v) is 7.71. The number of carbonyl (C=O) groups excluding carboxylic acids is 2. The maximum absolute atomic E-state index is 12.5. The summed E-state index contributed by atoms with van der Waals surface area (Å²) in [6, 6.07) is 13.3. The van der Waals surface area contributed by atoms with Crippen molar-refractivity contribution in [2.45, 2.75) is 31.7 Å². The first kappa shape index (κ1) is 20.6. The summed E-state index contributed by atoms with van der Waals surface area (Å²) in [6.07, 6.45) is 1.49. The number of hydrogen-bond donors (Lipinski definition) is 2. The predicted octanol–water partition coefficient (Wildman–Crippen LogP) is 2.34. The van der Waals surface area contributed by atoms with Gasteiger partial charge < -0.3 is 0 Å². The molecule has 0 unspecified atom stereocenters. The normalized spacial score (nSPS) is 10.7. The van der Waals surface area contributed by atoms with E-state index in [4.69, 9.17) is 0 Å². The highest BCUT2D eigenvalue weighted by Crippen LogP contribution is 2.17. The van der Waals surface area contributed by atoms with Gasteiger partial charge in [0.1, 0.15) is 0 Å². The Morgan fingerprint density at radius 1 is 1.03 bits per heavy atom. The van der Waals surface area contributed by atoms with Crippen molar-refractivity contribution in [3.63, 3.8) is 0 Å². The zero-order chi connectivity index (χ0) is 20.8. The lowest BCUT2D eigenvalue weighted by Gasteiger charge is -2.09. The van der Waals surface area contributed by atoms with Crippen molar-refractivity contribution >= 4 is 34.5 Å². The van der Waals surface area contributed by atoms with Crippen LogP contribution in [0, 0.1) is 13.8 Å². The maximum Gasteiger partial charge on any atom is 0.261 e. The Balaban J connectivity index is 1.47. The number of fused-ring (bicyclic) bond motifs is 1. The van der Waals surface area contributed by atoms with E-state index in [9.17, 15) is 14.4 Å². The van der Waals surface area contributed by atoms with Crippen molar-refractivity contribution in [2.24, 2.45) is 0 Å². The van der Waals surface area contributed by atoms with Crippen LogP contribution in [0.2, 0.25) is 0 Å². The van der Waals surface area contributed by atoms with E-state index in [2.05, 4.69) is 15.8 Å². The van der Waals surface area contributed by atoms with Crippen molar-refractivity contribution in [3.05, 3.63) is 70.3 Å². The molecule has 3 aromatic rings. The van der Waals surface area contributed by atoms with Gasteiger partial charge in [-0.05, 0) is 37.6 Å². The smallest absolute Gasteiger partial charge is 0.261 e. The first-order valence-corrected chi connectivity index (χ1v) is 10.1. The van der Waals surface area contributed by atoms with E-state index in [1.807, 2.05) is 50.2 Å². The number of thioether (sulfide) groups is 1. The van der Waals surface area contributed by atoms with Gasteiger partial charge in [-0.3, -0.25) is 29.8 Å². The second-order valence-electron chi connectivity index (χ2n) is 6.66. The SMILES string of the molecule is Cc1ccc(SCC(=O)NNC(=O)CCn2cnc3c(C)cccc3c2=O)cc1. The van der Waals surface area contributed by atoms with Gasteiger partial charge in [-0.25, -0.2) is 4.98 Å². The van der Waals surface area contributed by atoms with E-state index in [0.29, 0.717) is 10.9 Å². The van der Waals surface area contributed by atoms with Crippen molar-refractivity contribution < 1.29 is 9.59 Å². The quantitative estimate of drug-likeness (QED) is 0.481. The van der Waals surface area contributed by atoms with Crippen LogP contribution in [0.15, 0.2) is 58.5 Å². The molecule has 7 nitrogen and oxygen atoms in total. The molecule has 1 heterocycles. The van der Waals surface area contributed by atoms with Crippen LogP contribution < -0.4 is 16.4 Å². The van der Waals surface area contributed by atoms with Gasteiger partial charge in [0.15, 0.2) is 0 Å². The van der Waals surface area contributed by atoms with E-state index in [1.54, 1.807) is 6.07 Å². The fraction of sp³-hybridized carbons (Fsp3) is 0.238. The lowest BCUT2D eigenvalue weighted by atomic mass is 10.1. The fourth-order valence-corrected chi connectivity index (χ4v) is 3.44. The van der Waals surface area contributed by atoms with Crippen LogP contribution in [0.4, 0.5) is 0 Å². The van der Waals surface area contributed by atoms with Crippen molar-refractivity contribution in [2.75, 3.05) is 5.75 Å². The number of aromatic nitrogens is 2. The first-order chi connectivity index (χ1) is 13.9. The van der Waals surface area contributed by atoms with E-state index >= 15 is 0 Å². The van der Waals surface area contributed by atoms with Gasteiger partial charge in [0, 0.05) is 17.9 Å². The van der Waals surface area contributed by atoms with E-state index in [0.717, 1.165) is 16.0 Å². The molecule has 29 heavy (non-hydrogen) atoms. The average Bonchev–Trinajstić information content (AvgIpc) is 2.72. The third-order valence-electron chi connectivity index (χ3n) is 4.37. The molecule has 0 aliphatic heterocycles. The van der Waals surface area contributed by atoms with Crippen LogP contribution in [0.25, 0.3) is 10.9 Å². The van der Waals surface area contributed by atoms with E-state index in [-0.39, 0.29) is 36.1 Å². The summed E-state index contributed by atoms with van der Waals surface area (Å²) >= 11 is 1.39. The maximum atomic E-state index is 12.5. The zero-order valence-electron chi connectivity index (χ0n) is 16.3. The summed E-state index contributed by atoms with van der Waals surface area (Å²) in [5.74, 6) is -0.490. The van der Waals surface area contributed by atoms with Gasteiger partial charge in [-0.1, -0.05) is 29.8 Å². The van der Waals surface area contributed by atoms with Gasteiger partial charge in [0.25, 0.3) is 5.56 Å². The Bertz CT molecular complexity index is 1090. The summed E-state index contributed by atoms with van der Waals surface area (Å²) < 4.78 is 1.40. The number of hydrogen-bond acceptors (Lipinski definition) is 5. The van der Waals surface area contributed by atoms with Crippen LogP contribution in [-0.4, -0.2) is 27.1 Å². The number of amides is 2. The number of aryl methyl sites for hydroxylation is 3. The second kappa shape index (κ2) is 9.38. The van der Waals surface area contributed by atoms with Crippen molar-refractivity contribution in [1.82, 2.24) is 20.4 Å². The molecule has 0 fully saturated rings. The van der Waals surface area contributed by atoms with Crippen LogP contribution in [0.1, 0.15) is 17.5 Å². The molecule has 0 saturated carbocycles. The number of nitrogens with zero attached hydrogens (tertiary/aromatic N) is 2. The molecule has 0 radical (unpaired) electrons. The largest absolute Gasteiger partial charge is 0.298 e. The molecule has 0 aliphatic carbocycles. The van der Waals surface area contributed by atoms with Gasteiger partial charge in [-0.2, -0.15) is 0 Å². The number of carbonyl (C=O) groups is 2. The topological polar surface area (TPSA) is 93.1 Å². The third-order valence-corrected chi connectivity index (χ3v) is 5.38. The Morgan fingerprint density at radius 3 is 2.52 bits per heavy atom. The summed E-state index contributed by atoms with van der Waals surface area (Å²) in [4.78, 5) is 41.7. The highest BCUT2D eigenvalue weighted by atomic mass is 32.2. The summed E-state index contributed by atoms with van der Waals surface area (Å²) in [5, 5.41) is 0.523.